The molecule has 0 spiro atoms. The van der Waals surface area contributed by atoms with E-state index in [1.165, 1.54) is 4.90 Å². The first-order valence-corrected chi connectivity index (χ1v) is 5.77. The van der Waals surface area contributed by atoms with Crippen LogP contribution in [0.3, 0.4) is 0 Å². The molecule has 0 aromatic rings. The van der Waals surface area contributed by atoms with Crippen molar-refractivity contribution >= 4 is 12.0 Å². The van der Waals surface area contributed by atoms with Crippen molar-refractivity contribution in [3.05, 3.63) is 0 Å². The summed E-state index contributed by atoms with van der Waals surface area (Å²) in [6.07, 6.45) is 0.686. The number of amides is 2. The number of hydrogen-bond donors (Lipinski definition) is 0. The first-order valence-electron chi connectivity index (χ1n) is 5.77. The Kier molecular flexibility index (Phi) is 3.61. The number of imide groups is 1. The van der Waals surface area contributed by atoms with Crippen molar-refractivity contribution in [3.8, 4) is 0 Å². The summed E-state index contributed by atoms with van der Waals surface area (Å²) in [6, 6.07) is -0.0117. The van der Waals surface area contributed by atoms with E-state index in [2.05, 4.69) is 0 Å². The van der Waals surface area contributed by atoms with Gasteiger partial charge in [-0.25, -0.2) is 9.69 Å². The third kappa shape index (κ3) is 2.97. The van der Waals surface area contributed by atoms with E-state index < -0.39 is 11.7 Å². The summed E-state index contributed by atoms with van der Waals surface area (Å²) in [5, 5.41) is 0. The van der Waals surface area contributed by atoms with Crippen molar-refractivity contribution in [1.29, 1.82) is 0 Å². The van der Waals surface area contributed by atoms with Gasteiger partial charge in [0.25, 0.3) is 0 Å². The average molecular weight is 227 g/mol. The second-order valence-corrected chi connectivity index (χ2v) is 5.59. The molecule has 0 radical (unpaired) electrons. The van der Waals surface area contributed by atoms with Crippen LogP contribution >= 0.6 is 0 Å². The molecular formula is C12H21NO3. The van der Waals surface area contributed by atoms with Crippen LogP contribution in [0.1, 0.15) is 47.5 Å². The lowest BCUT2D eigenvalue weighted by Gasteiger charge is -2.29. The van der Waals surface area contributed by atoms with Crippen molar-refractivity contribution in [2.24, 2.45) is 5.92 Å². The van der Waals surface area contributed by atoms with Gasteiger partial charge in [-0.1, -0.05) is 13.8 Å². The number of ether oxygens (including phenoxy) is 1. The van der Waals surface area contributed by atoms with Crippen LogP contribution < -0.4 is 0 Å². The van der Waals surface area contributed by atoms with Gasteiger partial charge in [-0.15, -0.1) is 0 Å². The molecule has 0 unspecified atom stereocenters. The Hall–Kier alpha value is -1.06. The Balaban J connectivity index is 2.76. The molecular weight excluding hydrogens is 206 g/mol. The number of nitrogens with zero attached hydrogens (tertiary/aromatic N) is 1. The number of carbonyl (C=O) groups is 2. The molecule has 0 aromatic carbocycles. The molecule has 1 aliphatic rings. The number of rotatable bonds is 1. The normalized spacial score (nSPS) is 21.8. The highest BCUT2D eigenvalue weighted by Crippen LogP contribution is 2.26. The zero-order chi connectivity index (χ0) is 12.5. The van der Waals surface area contributed by atoms with Gasteiger partial charge < -0.3 is 4.74 Å². The van der Waals surface area contributed by atoms with Gasteiger partial charge in [-0.3, -0.25) is 4.79 Å². The first kappa shape index (κ1) is 13.0. The summed E-state index contributed by atoms with van der Waals surface area (Å²) in [5.74, 6) is 0.159. The lowest BCUT2D eigenvalue weighted by Crippen LogP contribution is -2.44. The molecule has 92 valence electrons. The van der Waals surface area contributed by atoms with Crippen LogP contribution in [0.2, 0.25) is 0 Å². The molecule has 1 atom stereocenters. The molecule has 0 bridgehead atoms. The van der Waals surface area contributed by atoms with Gasteiger partial charge in [0.1, 0.15) is 5.60 Å². The quantitative estimate of drug-likeness (QED) is 0.691. The molecule has 1 heterocycles. The molecule has 0 aromatic heterocycles. The average Bonchev–Trinajstić information content (AvgIpc) is 2.43. The van der Waals surface area contributed by atoms with Crippen molar-refractivity contribution in [2.75, 3.05) is 0 Å². The van der Waals surface area contributed by atoms with Crippen molar-refractivity contribution < 1.29 is 14.3 Å². The molecule has 1 aliphatic heterocycles. The van der Waals surface area contributed by atoms with Crippen molar-refractivity contribution in [2.45, 2.75) is 59.1 Å². The van der Waals surface area contributed by atoms with E-state index in [1.54, 1.807) is 20.8 Å². The Bertz CT molecular complexity index is 291. The fourth-order valence-electron chi connectivity index (χ4n) is 1.89. The smallest absolute Gasteiger partial charge is 0.417 e. The van der Waals surface area contributed by atoms with Crippen LogP contribution in [-0.2, 0) is 9.53 Å². The van der Waals surface area contributed by atoms with Gasteiger partial charge in [0.2, 0.25) is 5.91 Å². The molecule has 0 N–H and O–H groups in total. The molecule has 16 heavy (non-hydrogen) atoms. The lowest BCUT2D eigenvalue weighted by atomic mass is 10.0. The largest absolute Gasteiger partial charge is 0.443 e. The monoisotopic (exact) mass is 227 g/mol. The molecule has 0 aliphatic carbocycles. The van der Waals surface area contributed by atoms with E-state index in [0.29, 0.717) is 6.42 Å². The van der Waals surface area contributed by atoms with Gasteiger partial charge in [-0.2, -0.15) is 0 Å². The van der Waals surface area contributed by atoms with Gasteiger partial charge in [0, 0.05) is 12.5 Å². The van der Waals surface area contributed by atoms with E-state index in [4.69, 9.17) is 4.74 Å². The van der Waals surface area contributed by atoms with Crippen molar-refractivity contribution in [1.82, 2.24) is 4.90 Å². The fourth-order valence-corrected chi connectivity index (χ4v) is 1.89. The van der Waals surface area contributed by atoms with Gasteiger partial charge in [-0.05, 0) is 33.1 Å². The summed E-state index contributed by atoms with van der Waals surface area (Å²) >= 11 is 0. The zero-order valence-electron chi connectivity index (χ0n) is 10.7. The van der Waals surface area contributed by atoms with E-state index in [-0.39, 0.29) is 17.9 Å². The third-order valence-electron chi connectivity index (χ3n) is 2.61. The zero-order valence-corrected chi connectivity index (χ0v) is 10.7. The molecule has 1 fully saturated rings. The van der Waals surface area contributed by atoms with Crippen LogP contribution in [0.4, 0.5) is 4.79 Å². The van der Waals surface area contributed by atoms with E-state index in [1.807, 2.05) is 13.8 Å². The first-order chi connectivity index (χ1) is 7.22. The van der Waals surface area contributed by atoms with Gasteiger partial charge in [0.15, 0.2) is 0 Å². The molecule has 1 rings (SSSR count). The van der Waals surface area contributed by atoms with Crippen LogP contribution in [-0.4, -0.2) is 28.5 Å². The standard InChI is InChI=1S/C12H21NO3/c1-8(2)9-6-7-10(14)13(9)11(15)16-12(3,4)5/h8-9H,6-7H2,1-5H3/t9-/m1/s1. The minimum Gasteiger partial charge on any atom is -0.443 e. The Morgan fingerprint density at radius 3 is 2.44 bits per heavy atom. The van der Waals surface area contributed by atoms with Gasteiger partial charge in [0.05, 0.1) is 0 Å². The topological polar surface area (TPSA) is 46.6 Å². The summed E-state index contributed by atoms with van der Waals surface area (Å²) in [6.45, 7) is 9.43. The molecule has 1 saturated heterocycles. The number of likely N-dealkylation sites (tertiary alicyclic amines) is 1. The van der Waals surface area contributed by atoms with Crippen LogP contribution in [0.5, 0.6) is 0 Å². The van der Waals surface area contributed by atoms with Crippen LogP contribution in [0.15, 0.2) is 0 Å². The minimum atomic E-state index is -0.554. The highest BCUT2D eigenvalue weighted by atomic mass is 16.6. The number of hydrogen-bond acceptors (Lipinski definition) is 3. The minimum absolute atomic E-state index is 0.0117. The van der Waals surface area contributed by atoms with E-state index in [0.717, 1.165) is 6.42 Å². The molecule has 0 saturated carbocycles. The maximum atomic E-state index is 11.9. The molecule has 4 nitrogen and oxygen atoms in total. The highest BCUT2D eigenvalue weighted by molar-refractivity contribution is 5.94. The molecule has 2 amide bonds. The number of carbonyl (C=O) groups excluding carboxylic acids is 2. The SMILES string of the molecule is CC(C)[C@H]1CCC(=O)N1C(=O)OC(C)(C)C. The Morgan fingerprint density at radius 2 is 2.00 bits per heavy atom. The summed E-state index contributed by atoms with van der Waals surface area (Å²) < 4.78 is 5.24. The molecule has 4 heteroatoms. The highest BCUT2D eigenvalue weighted by Gasteiger charge is 2.39. The van der Waals surface area contributed by atoms with Crippen LogP contribution in [0.25, 0.3) is 0 Å². The van der Waals surface area contributed by atoms with Gasteiger partial charge >= 0.3 is 6.09 Å². The van der Waals surface area contributed by atoms with E-state index in [9.17, 15) is 9.59 Å². The Morgan fingerprint density at radius 1 is 1.44 bits per heavy atom. The summed E-state index contributed by atoms with van der Waals surface area (Å²) in [7, 11) is 0. The fraction of sp³-hybridized carbons (Fsp3) is 0.833. The van der Waals surface area contributed by atoms with E-state index >= 15 is 0 Å². The predicted octanol–water partition coefficient (Wildman–Crippen LogP) is 2.57. The second-order valence-electron chi connectivity index (χ2n) is 5.59. The maximum absolute atomic E-state index is 11.9. The third-order valence-corrected chi connectivity index (χ3v) is 2.61. The predicted molar refractivity (Wildman–Crippen MR) is 60.9 cm³/mol. The second kappa shape index (κ2) is 4.44. The maximum Gasteiger partial charge on any atom is 0.417 e. The lowest BCUT2D eigenvalue weighted by molar-refractivity contribution is -0.128. The summed E-state index contributed by atoms with van der Waals surface area (Å²) in [5.41, 5.74) is -0.554. The summed E-state index contributed by atoms with van der Waals surface area (Å²) in [4.78, 5) is 24.8. The Labute approximate surface area is 96.9 Å². The van der Waals surface area contributed by atoms with Crippen molar-refractivity contribution in [3.63, 3.8) is 0 Å². The van der Waals surface area contributed by atoms with Crippen LogP contribution in [0, 0.1) is 5.92 Å².